The van der Waals surface area contributed by atoms with Gasteiger partial charge in [0.05, 0.1) is 0 Å². The van der Waals surface area contributed by atoms with Gasteiger partial charge in [0.15, 0.2) is 0 Å². The van der Waals surface area contributed by atoms with Crippen LogP contribution < -0.4 is 16.7 Å². The van der Waals surface area contributed by atoms with Crippen molar-refractivity contribution < 1.29 is 0 Å². The van der Waals surface area contributed by atoms with E-state index in [1.165, 1.54) is 0 Å². The van der Waals surface area contributed by atoms with E-state index < -0.39 is 0 Å². The van der Waals surface area contributed by atoms with Crippen LogP contribution in [0.3, 0.4) is 0 Å². The summed E-state index contributed by atoms with van der Waals surface area (Å²) in [7, 11) is 2.14. The lowest BCUT2D eigenvalue weighted by Crippen LogP contribution is -2.47. The summed E-state index contributed by atoms with van der Waals surface area (Å²) in [5.41, 5.74) is 7.01. The summed E-state index contributed by atoms with van der Waals surface area (Å²) >= 11 is 0. The first-order valence-electron chi connectivity index (χ1n) is 7.18. The van der Waals surface area contributed by atoms with E-state index in [2.05, 4.69) is 44.7 Å². The minimum absolute atomic E-state index is 0.695. The quantitative estimate of drug-likeness (QED) is 0.538. The van der Waals surface area contributed by atoms with E-state index in [0.717, 1.165) is 56.2 Å². The van der Waals surface area contributed by atoms with Gasteiger partial charge in [0.25, 0.3) is 0 Å². The average molecular weight is 279 g/mol. The van der Waals surface area contributed by atoms with Crippen LogP contribution in [0.15, 0.2) is 0 Å². The number of piperazine rings is 1. The van der Waals surface area contributed by atoms with E-state index in [0.29, 0.717) is 5.82 Å². The molecule has 0 saturated carbocycles. The predicted molar refractivity (Wildman–Crippen MR) is 81.3 cm³/mol. The SMILES string of the molecule is CCCc1nc(NN)c(C)c(NN2CCN(C)CC2)n1. The van der Waals surface area contributed by atoms with Crippen LogP contribution in [0.25, 0.3) is 0 Å². The molecule has 0 aromatic carbocycles. The Kier molecular flexibility index (Phi) is 5.11. The van der Waals surface area contributed by atoms with Crippen molar-refractivity contribution in [1.82, 2.24) is 19.9 Å². The fourth-order valence-corrected chi connectivity index (χ4v) is 2.22. The molecule has 1 aliphatic heterocycles. The van der Waals surface area contributed by atoms with Crippen molar-refractivity contribution in [3.05, 3.63) is 11.4 Å². The van der Waals surface area contributed by atoms with Gasteiger partial charge in [-0.25, -0.2) is 20.8 Å². The number of aromatic nitrogens is 2. The van der Waals surface area contributed by atoms with Gasteiger partial charge < -0.3 is 15.8 Å². The third-order valence-electron chi connectivity index (χ3n) is 3.57. The predicted octanol–water partition coefficient (Wildman–Crippen LogP) is 0.597. The molecule has 7 heteroatoms. The van der Waals surface area contributed by atoms with Crippen LogP contribution in [0.1, 0.15) is 24.7 Å². The van der Waals surface area contributed by atoms with E-state index in [1.807, 2.05) is 6.92 Å². The highest BCUT2D eigenvalue weighted by atomic mass is 15.5. The van der Waals surface area contributed by atoms with Gasteiger partial charge in [0.1, 0.15) is 17.5 Å². The maximum atomic E-state index is 5.55. The van der Waals surface area contributed by atoms with Gasteiger partial charge in [0.2, 0.25) is 0 Å². The van der Waals surface area contributed by atoms with Gasteiger partial charge >= 0.3 is 0 Å². The number of nitrogens with one attached hydrogen (secondary N) is 2. The van der Waals surface area contributed by atoms with E-state index >= 15 is 0 Å². The van der Waals surface area contributed by atoms with Gasteiger partial charge in [-0.3, -0.25) is 0 Å². The Morgan fingerprint density at radius 3 is 2.40 bits per heavy atom. The lowest BCUT2D eigenvalue weighted by atomic mass is 10.2. The minimum atomic E-state index is 0.695. The van der Waals surface area contributed by atoms with Gasteiger partial charge in [-0.1, -0.05) is 6.92 Å². The molecule has 1 aromatic heterocycles. The van der Waals surface area contributed by atoms with Crippen molar-refractivity contribution in [3.8, 4) is 0 Å². The van der Waals surface area contributed by atoms with Gasteiger partial charge in [-0.05, 0) is 20.4 Å². The largest absolute Gasteiger partial charge is 0.308 e. The second-order valence-electron chi connectivity index (χ2n) is 5.26. The van der Waals surface area contributed by atoms with E-state index in [9.17, 15) is 0 Å². The molecular weight excluding hydrogens is 254 g/mol. The zero-order chi connectivity index (χ0) is 14.5. The maximum Gasteiger partial charge on any atom is 0.149 e. The van der Waals surface area contributed by atoms with Crippen molar-refractivity contribution in [2.24, 2.45) is 5.84 Å². The number of nitrogen functional groups attached to an aromatic ring is 1. The standard InChI is InChI=1S/C13H25N7/c1-4-5-11-15-12(17-14)10(2)13(16-11)18-20-8-6-19(3)7-9-20/h4-9,14H2,1-3H3,(H2,15,16,17,18). The normalized spacial score (nSPS) is 17.2. The summed E-state index contributed by atoms with van der Waals surface area (Å²) in [5.74, 6) is 7.91. The van der Waals surface area contributed by atoms with Crippen LogP contribution in [-0.2, 0) is 6.42 Å². The molecule has 0 spiro atoms. The Labute approximate surface area is 120 Å². The maximum absolute atomic E-state index is 5.55. The highest BCUT2D eigenvalue weighted by molar-refractivity contribution is 5.56. The third-order valence-corrected chi connectivity index (χ3v) is 3.57. The van der Waals surface area contributed by atoms with Gasteiger partial charge in [-0.15, -0.1) is 0 Å². The summed E-state index contributed by atoms with van der Waals surface area (Å²) < 4.78 is 0. The molecule has 7 nitrogen and oxygen atoms in total. The first-order chi connectivity index (χ1) is 9.63. The monoisotopic (exact) mass is 279 g/mol. The van der Waals surface area contributed by atoms with Crippen molar-refractivity contribution in [2.75, 3.05) is 44.1 Å². The molecule has 1 fully saturated rings. The van der Waals surface area contributed by atoms with Crippen molar-refractivity contribution in [1.29, 1.82) is 0 Å². The van der Waals surface area contributed by atoms with Crippen LogP contribution in [0.4, 0.5) is 11.6 Å². The number of hydrazine groups is 2. The molecule has 1 aliphatic rings. The number of aryl methyl sites for hydroxylation is 1. The summed E-state index contributed by atoms with van der Waals surface area (Å²) in [6.07, 6.45) is 1.87. The molecule has 0 bridgehead atoms. The second kappa shape index (κ2) is 6.83. The highest BCUT2D eigenvalue weighted by Gasteiger charge is 2.16. The molecule has 0 unspecified atom stereocenters. The van der Waals surface area contributed by atoms with Crippen LogP contribution in [0.2, 0.25) is 0 Å². The molecule has 20 heavy (non-hydrogen) atoms. The summed E-state index contributed by atoms with van der Waals surface area (Å²) in [4.78, 5) is 11.4. The Bertz CT molecular complexity index is 441. The molecule has 0 aliphatic carbocycles. The summed E-state index contributed by atoms with van der Waals surface area (Å²) in [6, 6.07) is 0. The Morgan fingerprint density at radius 1 is 1.15 bits per heavy atom. The zero-order valence-corrected chi connectivity index (χ0v) is 12.6. The number of likely N-dealkylation sites (N-methyl/N-ethyl adjacent to an activating group) is 1. The van der Waals surface area contributed by atoms with Gasteiger partial charge in [-0.2, -0.15) is 0 Å². The first kappa shape index (κ1) is 15.0. The van der Waals surface area contributed by atoms with E-state index in [-0.39, 0.29) is 0 Å². The topological polar surface area (TPSA) is 82.3 Å². The van der Waals surface area contributed by atoms with Crippen molar-refractivity contribution in [3.63, 3.8) is 0 Å². The fraction of sp³-hybridized carbons (Fsp3) is 0.692. The second-order valence-corrected chi connectivity index (χ2v) is 5.26. The third kappa shape index (κ3) is 3.56. The van der Waals surface area contributed by atoms with E-state index in [1.54, 1.807) is 0 Å². The molecular formula is C13H25N7. The molecule has 0 amide bonds. The highest BCUT2D eigenvalue weighted by Crippen LogP contribution is 2.20. The number of hydrogen-bond acceptors (Lipinski definition) is 7. The van der Waals surface area contributed by atoms with Crippen molar-refractivity contribution >= 4 is 11.6 Å². The number of nitrogens with zero attached hydrogens (tertiary/aromatic N) is 4. The molecule has 0 radical (unpaired) electrons. The van der Waals surface area contributed by atoms with Crippen molar-refractivity contribution in [2.45, 2.75) is 26.7 Å². The molecule has 1 saturated heterocycles. The van der Waals surface area contributed by atoms with Gasteiger partial charge in [0, 0.05) is 38.2 Å². The van der Waals surface area contributed by atoms with E-state index in [4.69, 9.17) is 5.84 Å². The van der Waals surface area contributed by atoms with Crippen LogP contribution in [0, 0.1) is 6.92 Å². The summed E-state index contributed by atoms with van der Waals surface area (Å²) in [5, 5.41) is 2.20. The molecule has 0 atom stereocenters. The molecule has 2 heterocycles. The van der Waals surface area contributed by atoms with Crippen LogP contribution in [0.5, 0.6) is 0 Å². The molecule has 4 N–H and O–H groups in total. The lowest BCUT2D eigenvalue weighted by molar-refractivity contribution is 0.178. The Morgan fingerprint density at radius 2 is 1.80 bits per heavy atom. The molecule has 1 aromatic rings. The minimum Gasteiger partial charge on any atom is -0.308 e. The Balaban J connectivity index is 2.14. The fourth-order valence-electron chi connectivity index (χ4n) is 2.22. The lowest BCUT2D eigenvalue weighted by Gasteiger charge is -2.33. The van der Waals surface area contributed by atoms with Crippen LogP contribution >= 0.6 is 0 Å². The summed E-state index contributed by atoms with van der Waals surface area (Å²) in [6.45, 7) is 8.17. The number of nitrogens with two attached hydrogens (primary N) is 1. The molecule has 2 rings (SSSR count). The number of rotatable bonds is 5. The number of anilines is 2. The zero-order valence-electron chi connectivity index (χ0n) is 12.6. The van der Waals surface area contributed by atoms with Crippen LogP contribution in [-0.4, -0.2) is 53.1 Å². The smallest absolute Gasteiger partial charge is 0.149 e. The number of hydrogen-bond donors (Lipinski definition) is 3. The average Bonchev–Trinajstić information content (AvgIpc) is 2.45. The molecule has 112 valence electrons. The Hall–Kier alpha value is -1.44. The first-order valence-corrected chi connectivity index (χ1v) is 7.18.